The average Bonchev–Trinajstić information content (AvgIpc) is 2.31. The van der Waals surface area contributed by atoms with Gasteiger partial charge in [-0.15, -0.1) is 6.58 Å². The molecule has 0 saturated heterocycles. The van der Waals surface area contributed by atoms with Crippen LogP contribution in [0.25, 0.3) is 0 Å². The number of carbonyl (C=O) groups is 1. The molecule has 0 aliphatic carbocycles. The minimum Gasteiger partial charge on any atom is -0.507 e. The van der Waals surface area contributed by atoms with Gasteiger partial charge < -0.3 is 10.0 Å². The van der Waals surface area contributed by atoms with Gasteiger partial charge in [-0.1, -0.05) is 28.9 Å². The number of hydrogen-bond acceptors (Lipinski definition) is 2. The van der Waals surface area contributed by atoms with Crippen LogP contribution in [0.5, 0.6) is 5.75 Å². The van der Waals surface area contributed by atoms with Crippen molar-refractivity contribution in [2.24, 2.45) is 0 Å². The van der Waals surface area contributed by atoms with Gasteiger partial charge in [0, 0.05) is 17.6 Å². The van der Waals surface area contributed by atoms with Gasteiger partial charge in [0.15, 0.2) is 0 Å². The largest absolute Gasteiger partial charge is 0.507 e. The Morgan fingerprint density at radius 3 is 2.88 bits per heavy atom. The molecule has 0 heterocycles. The van der Waals surface area contributed by atoms with E-state index < -0.39 is 0 Å². The predicted octanol–water partition coefficient (Wildman–Crippen LogP) is 3.19. The van der Waals surface area contributed by atoms with Crippen LogP contribution in [0, 0.1) is 0 Å². The van der Waals surface area contributed by atoms with Crippen molar-refractivity contribution in [1.82, 2.24) is 4.90 Å². The van der Waals surface area contributed by atoms with Crippen molar-refractivity contribution < 1.29 is 9.90 Å². The fourth-order valence-electron chi connectivity index (χ4n) is 1.55. The third-order valence-corrected chi connectivity index (χ3v) is 2.81. The maximum absolute atomic E-state index is 12.2. The van der Waals surface area contributed by atoms with Crippen molar-refractivity contribution in [2.45, 2.75) is 13.3 Å². The molecule has 1 aromatic carbocycles. The first kappa shape index (κ1) is 13.8. The van der Waals surface area contributed by atoms with E-state index in [0.717, 1.165) is 10.9 Å². The van der Waals surface area contributed by atoms with Crippen molar-refractivity contribution in [1.29, 1.82) is 0 Å². The minimum absolute atomic E-state index is 0.00312. The van der Waals surface area contributed by atoms with Crippen molar-refractivity contribution in [2.75, 3.05) is 13.1 Å². The highest BCUT2D eigenvalue weighted by molar-refractivity contribution is 9.10. The Balaban J connectivity index is 2.99. The number of halogens is 1. The number of nitrogens with zero attached hydrogens (tertiary/aromatic N) is 1. The van der Waals surface area contributed by atoms with E-state index in [9.17, 15) is 9.90 Å². The van der Waals surface area contributed by atoms with Gasteiger partial charge in [-0.25, -0.2) is 0 Å². The van der Waals surface area contributed by atoms with E-state index in [2.05, 4.69) is 22.5 Å². The second-order valence-corrected chi connectivity index (χ2v) is 4.62. The Morgan fingerprint density at radius 1 is 1.59 bits per heavy atom. The summed E-state index contributed by atoms with van der Waals surface area (Å²) in [4.78, 5) is 13.9. The number of carbonyl (C=O) groups excluding carboxylic acids is 1. The Hall–Kier alpha value is -1.29. The maximum atomic E-state index is 12.2. The summed E-state index contributed by atoms with van der Waals surface area (Å²) < 4.78 is 0.772. The molecule has 0 atom stereocenters. The van der Waals surface area contributed by atoms with Gasteiger partial charge in [0.2, 0.25) is 0 Å². The summed E-state index contributed by atoms with van der Waals surface area (Å²) in [5.41, 5.74) is 0.315. The first-order valence-electron chi connectivity index (χ1n) is 5.48. The zero-order valence-corrected chi connectivity index (χ0v) is 11.4. The molecule has 1 amide bonds. The summed E-state index contributed by atoms with van der Waals surface area (Å²) in [5.74, 6) is -0.172. The van der Waals surface area contributed by atoms with Crippen LogP contribution in [0.15, 0.2) is 35.3 Å². The van der Waals surface area contributed by atoms with Gasteiger partial charge in [0.25, 0.3) is 5.91 Å². The Labute approximate surface area is 110 Å². The van der Waals surface area contributed by atoms with Gasteiger partial charge in [-0.3, -0.25) is 4.79 Å². The summed E-state index contributed by atoms with van der Waals surface area (Å²) in [7, 11) is 0. The molecule has 0 aliphatic heterocycles. The fraction of sp³-hybridized carbons (Fsp3) is 0.308. The molecule has 1 N–H and O–H groups in total. The SMILES string of the molecule is C=CCN(CCC)C(=O)c1cc(Br)ccc1O. The normalized spacial score (nSPS) is 10.0. The number of aromatic hydroxyl groups is 1. The number of phenols is 1. The van der Waals surface area contributed by atoms with Crippen molar-refractivity contribution in [3.8, 4) is 5.75 Å². The summed E-state index contributed by atoms with van der Waals surface area (Å²) in [6.07, 6.45) is 2.55. The second kappa shape index (κ2) is 6.45. The molecular weight excluding hydrogens is 282 g/mol. The fourth-order valence-corrected chi connectivity index (χ4v) is 1.91. The highest BCUT2D eigenvalue weighted by atomic mass is 79.9. The summed E-state index contributed by atoms with van der Waals surface area (Å²) in [5, 5.41) is 9.70. The number of rotatable bonds is 5. The van der Waals surface area contributed by atoms with Gasteiger partial charge in [-0.05, 0) is 24.6 Å². The highest BCUT2D eigenvalue weighted by Gasteiger charge is 2.17. The van der Waals surface area contributed by atoms with E-state index in [1.165, 1.54) is 6.07 Å². The summed E-state index contributed by atoms with van der Waals surface area (Å²) in [6, 6.07) is 4.84. The summed E-state index contributed by atoms with van der Waals surface area (Å²) in [6.45, 7) is 6.77. The highest BCUT2D eigenvalue weighted by Crippen LogP contribution is 2.23. The third-order valence-electron chi connectivity index (χ3n) is 2.32. The van der Waals surface area contributed by atoms with Gasteiger partial charge in [0.05, 0.1) is 5.56 Å². The molecule has 4 heteroatoms. The van der Waals surface area contributed by atoms with Crippen molar-refractivity contribution >= 4 is 21.8 Å². The van der Waals surface area contributed by atoms with Gasteiger partial charge >= 0.3 is 0 Å². The second-order valence-electron chi connectivity index (χ2n) is 3.70. The lowest BCUT2D eigenvalue weighted by atomic mass is 10.1. The van der Waals surface area contributed by atoms with E-state index in [1.807, 2.05) is 6.92 Å². The Kier molecular flexibility index (Phi) is 5.22. The van der Waals surface area contributed by atoms with E-state index in [4.69, 9.17) is 0 Å². The Bertz CT molecular complexity index is 418. The lowest BCUT2D eigenvalue weighted by molar-refractivity contribution is 0.0771. The lowest BCUT2D eigenvalue weighted by Gasteiger charge is -2.20. The average molecular weight is 298 g/mol. The first-order chi connectivity index (χ1) is 8.10. The molecule has 0 bridgehead atoms. The van der Waals surface area contributed by atoms with Crippen LogP contribution in [0.1, 0.15) is 23.7 Å². The molecule has 0 spiro atoms. The predicted molar refractivity (Wildman–Crippen MR) is 72.2 cm³/mol. The zero-order valence-electron chi connectivity index (χ0n) is 9.82. The van der Waals surface area contributed by atoms with Crippen LogP contribution in [0.3, 0.4) is 0 Å². The molecule has 0 unspecified atom stereocenters. The molecule has 3 nitrogen and oxygen atoms in total. The Morgan fingerprint density at radius 2 is 2.29 bits per heavy atom. The van der Waals surface area contributed by atoms with Crippen molar-refractivity contribution in [3.63, 3.8) is 0 Å². The number of benzene rings is 1. The van der Waals surface area contributed by atoms with E-state index in [1.54, 1.807) is 23.1 Å². The molecule has 0 aliphatic rings. The number of amides is 1. The minimum atomic E-state index is -0.175. The van der Waals surface area contributed by atoms with E-state index >= 15 is 0 Å². The quantitative estimate of drug-likeness (QED) is 0.848. The zero-order chi connectivity index (χ0) is 12.8. The molecule has 17 heavy (non-hydrogen) atoms. The molecule has 92 valence electrons. The molecule has 1 rings (SSSR count). The van der Waals surface area contributed by atoms with Gasteiger partial charge in [-0.2, -0.15) is 0 Å². The number of phenolic OH excluding ortho intramolecular Hbond substituents is 1. The topological polar surface area (TPSA) is 40.5 Å². The van der Waals surface area contributed by atoms with Gasteiger partial charge in [0.1, 0.15) is 5.75 Å². The first-order valence-corrected chi connectivity index (χ1v) is 6.28. The maximum Gasteiger partial charge on any atom is 0.257 e. The van der Waals surface area contributed by atoms with Crippen LogP contribution in [0.4, 0.5) is 0 Å². The van der Waals surface area contributed by atoms with Crippen LogP contribution in [-0.4, -0.2) is 29.0 Å². The molecule has 0 saturated carbocycles. The van der Waals surface area contributed by atoms with Crippen molar-refractivity contribution in [3.05, 3.63) is 40.9 Å². The van der Waals surface area contributed by atoms with Crippen LogP contribution >= 0.6 is 15.9 Å². The van der Waals surface area contributed by atoms with E-state index in [-0.39, 0.29) is 11.7 Å². The molecular formula is C13H16BrNO2. The molecule has 0 radical (unpaired) electrons. The monoisotopic (exact) mass is 297 g/mol. The van der Waals surface area contributed by atoms with Crippen LogP contribution < -0.4 is 0 Å². The number of hydrogen-bond donors (Lipinski definition) is 1. The standard InChI is InChI=1S/C13H16BrNO2/c1-3-7-15(8-4-2)13(17)11-9-10(14)5-6-12(11)16/h3,5-6,9,16H,1,4,7-8H2,2H3. The smallest absolute Gasteiger partial charge is 0.257 e. The van der Waals surface area contributed by atoms with Crippen LogP contribution in [0.2, 0.25) is 0 Å². The molecule has 0 fully saturated rings. The third kappa shape index (κ3) is 3.60. The molecule has 1 aromatic rings. The summed E-state index contributed by atoms with van der Waals surface area (Å²) >= 11 is 3.29. The van der Waals surface area contributed by atoms with Crippen LogP contribution in [-0.2, 0) is 0 Å². The van der Waals surface area contributed by atoms with E-state index in [0.29, 0.717) is 18.7 Å². The lowest BCUT2D eigenvalue weighted by Crippen LogP contribution is -2.31. The molecule has 0 aromatic heterocycles.